The molecule has 32 heavy (non-hydrogen) atoms. The van der Waals surface area contributed by atoms with Crippen LogP contribution < -0.4 is 0 Å². The molecule has 2 aromatic carbocycles. The molecule has 0 saturated carbocycles. The Balaban J connectivity index is 1.28. The molecular formula is C23H27Cl2N3O3S. The number of hydrogen-bond acceptors (Lipinski definition) is 4. The summed E-state index contributed by atoms with van der Waals surface area (Å²) < 4.78 is 27.1. The van der Waals surface area contributed by atoms with Crippen molar-refractivity contribution in [3.8, 4) is 0 Å². The van der Waals surface area contributed by atoms with Gasteiger partial charge in [-0.1, -0.05) is 47.5 Å². The van der Waals surface area contributed by atoms with E-state index >= 15 is 0 Å². The Labute approximate surface area is 199 Å². The average Bonchev–Trinajstić information content (AvgIpc) is 2.82. The lowest BCUT2D eigenvalue weighted by Crippen LogP contribution is -2.52. The zero-order chi connectivity index (χ0) is 22.7. The van der Waals surface area contributed by atoms with Crippen molar-refractivity contribution >= 4 is 39.1 Å². The number of piperazine rings is 1. The molecule has 6 nitrogen and oxygen atoms in total. The summed E-state index contributed by atoms with van der Waals surface area (Å²) >= 11 is 12.6. The predicted octanol–water partition coefficient (Wildman–Crippen LogP) is 3.74. The third-order valence-corrected chi connectivity index (χ3v) is 8.93. The molecule has 172 valence electrons. The van der Waals surface area contributed by atoms with Gasteiger partial charge in [0.2, 0.25) is 15.9 Å². The van der Waals surface area contributed by atoms with Crippen LogP contribution in [0.25, 0.3) is 0 Å². The van der Waals surface area contributed by atoms with E-state index in [-0.39, 0.29) is 11.8 Å². The fraction of sp³-hybridized carbons (Fsp3) is 0.435. The number of piperidine rings is 1. The minimum absolute atomic E-state index is 0.0229. The first-order valence-corrected chi connectivity index (χ1v) is 13.0. The zero-order valence-corrected chi connectivity index (χ0v) is 20.1. The number of sulfonamides is 1. The van der Waals surface area contributed by atoms with Crippen LogP contribution in [-0.2, 0) is 21.4 Å². The van der Waals surface area contributed by atoms with E-state index < -0.39 is 10.0 Å². The summed E-state index contributed by atoms with van der Waals surface area (Å²) in [5, 5.41) is 1.33. The first-order valence-electron chi connectivity index (χ1n) is 10.9. The van der Waals surface area contributed by atoms with Gasteiger partial charge in [-0.2, -0.15) is 4.31 Å². The molecule has 9 heteroatoms. The summed E-state index contributed by atoms with van der Waals surface area (Å²) in [6.45, 7) is 3.80. The largest absolute Gasteiger partial charge is 0.340 e. The van der Waals surface area contributed by atoms with Gasteiger partial charge in [-0.3, -0.25) is 9.69 Å². The Morgan fingerprint density at radius 2 is 1.44 bits per heavy atom. The van der Waals surface area contributed by atoms with Crippen LogP contribution in [0.2, 0.25) is 10.0 Å². The summed E-state index contributed by atoms with van der Waals surface area (Å²) in [5.74, 6) is 0.113. The molecule has 2 saturated heterocycles. The van der Waals surface area contributed by atoms with Gasteiger partial charge in [0.05, 0.1) is 4.90 Å². The molecule has 0 N–H and O–H groups in total. The van der Waals surface area contributed by atoms with Crippen LogP contribution in [0.3, 0.4) is 0 Å². The van der Waals surface area contributed by atoms with E-state index in [4.69, 9.17) is 23.2 Å². The van der Waals surface area contributed by atoms with Crippen molar-refractivity contribution in [1.82, 2.24) is 14.1 Å². The van der Waals surface area contributed by atoms with Gasteiger partial charge in [0, 0.05) is 54.3 Å². The maximum Gasteiger partial charge on any atom is 0.243 e. The fourth-order valence-corrected chi connectivity index (χ4v) is 6.35. The van der Waals surface area contributed by atoms with Gasteiger partial charge in [-0.15, -0.1) is 0 Å². The second kappa shape index (κ2) is 10.1. The van der Waals surface area contributed by atoms with E-state index in [1.807, 2.05) is 23.1 Å². The number of nitrogens with zero attached hydrogens (tertiary/aromatic N) is 3. The lowest BCUT2D eigenvalue weighted by molar-refractivity contribution is -0.138. The number of halogens is 2. The summed E-state index contributed by atoms with van der Waals surface area (Å²) in [6, 6.07) is 14.0. The number of amides is 1. The van der Waals surface area contributed by atoms with Crippen molar-refractivity contribution in [2.45, 2.75) is 24.3 Å². The van der Waals surface area contributed by atoms with E-state index in [0.717, 1.165) is 31.5 Å². The molecule has 0 spiro atoms. The van der Waals surface area contributed by atoms with Gasteiger partial charge < -0.3 is 4.90 Å². The standard InChI is InChI=1S/C23H27Cl2N3O3S/c24-21-7-4-8-22(25)20(21)17-26-11-9-18(10-12-26)23(29)27-13-15-28(16-14-27)32(30,31)19-5-2-1-3-6-19/h1-8,18H,9-17H2. The normalized spacial score (nSPS) is 19.2. The highest BCUT2D eigenvalue weighted by molar-refractivity contribution is 7.89. The Kier molecular flexibility index (Phi) is 7.42. The summed E-state index contributed by atoms with van der Waals surface area (Å²) in [7, 11) is -3.51. The number of likely N-dealkylation sites (tertiary alicyclic amines) is 1. The third kappa shape index (κ3) is 5.13. The second-order valence-electron chi connectivity index (χ2n) is 8.29. The Hall–Kier alpha value is -1.64. The molecular weight excluding hydrogens is 469 g/mol. The van der Waals surface area contributed by atoms with Crippen LogP contribution in [-0.4, -0.2) is 67.7 Å². The lowest BCUT2D eigenvalue weighted by Gasteiger charge is -2.38. The van der Waals surface area contributed by atoms with Crippen molar-refractivity contribution < 1.29 is 13.2 Å². The number of carbonyl (C=O) groups is 1. The molecule has 2 fully saturated rings. The van der Waals surface area contributed by atoms with Crippen LogP contribution in [0, 0.1) is 5.92 Å². The molecule has 0 aliphatic carbocycles. The molecule has 0 unspecified atom stereocenters. The van der Waals surface area contributed by atoms with Crippen LogP contribution in [0.1, 0.15) is 18.4 Å². The van der Waals surface area contributed by atoms with Crippen molar-refractivity contribution in [3.05, 3.63) is 64.1 Å². The highest BCUT2D eigenvalue weighted by atomic mass is 35.5. The highest BCUT2D eigenvalue weighted by Gasteiger charge is 2.33. The second-order valence-corrected chi connectivity index (χ2v) is 11.0. The summed E-state index contributed by atoms with van der Waals surface area (Å²) in [6.07, 6.45) is 1.56. The zero-order valence-electron chi connectivity index (χ0n) is 17.8. The Bertz CT molecular complexity index is 1030. The number of rotatable bonds is 5. The number of benzene rings is 2. The van der Waals surface area contributed by atoms with Crippen LogP contribution in [0.15, 0.2) is 53.4 Å². The van der Waals surface area contributed by atoms with E-state index in [2.05, 4.69) is 4.90 Å². The molecule has 0 bridgehead atoms. The number of hydrogen-bond donors (Lipinski definition) is 0. The van der Waals surface area contributed by atoms with Gasteiger partial charge >= 0.3 is 0 Å². The molecule has 2 aliphatic heterocycles. The van der Waals surface area contributed by atoms with Gasteiger partial charge in [0.15, 0.2) is 0 Å². The summed E-state index contributed by atoms with van der Waals surface area (Å²) in [5.41, 5.74) is 0.927. The highest BCUT2D eigenvalue weighted by Crippen LogP contribution is 2.28. The SMILES string of the molecule is O=C(C1CCN(Cc2c(Cl)cccc2Cl)CC1)N1CCN(S(=O)(=O)c2ccccc2)CC1. The van der Waals surface area contributed by atoms with Crippen LogP contribution >= 0.6 is 23.2 Å². The molecule has 2 aliphatic rings. The van der Waals surface area contributed by atoms with Gasteiger partial charge in [0.25, 0.3) is 0 Å². The lowest BCUT2D eigenvalue weighted by atomic mass is 9.94. The average molecular weight is 496 g/mol. The van der Waals surface area contributed by atoms with Gasteiger partial charge in [0.1, 0.15) is 0 Å². The van der Waals surface area contributed by atoms with Gasteiger partial charge in [-0.05, 0) is 50.2 Å². The molecule has 4 rings (SSSR count). The van der Waals surface area contributed by atoms with Crippen molar-refractivity contribution in [3.63, 3.8) is 0 Å². The van der Waals surface area contributed by atoms with Crippen molar-refractivity contribution in [2.75, 3.05) is 39.3 Å². The minimum Gasteiger partial charge on any atom is -0.340 e. The maximum atomic E-state index is 13.0. The fourth-order valence-electron chi connectivity index (χ4n) is 4.39. The Morgan fingerprint density at radius 3 is 2.03 bits per heavy atom. The monoisotopic (exact) mass is 495 g/mol. The van der Waals surface area contributed by atoms with E-state index in [1.165, 1.54) is 4.31 Å². The number of carbonyl (C=O) groups excluding carboxylic acids is 1. The molecule has 2 aromatic rings. The van der Waals surface area contributed by atoms with Crippen molar-refractivity contribution in [1.29, 1.82) is 0 Å². The third-order valence-electron chi connectivity index (χ3n) is 6.31. The molecule has 0 aromatic heterocycles. The summed E-state index contributed by atoms with van der Waals surface area (Å²) in [4.78, 5) is 17.4. The molecule has 0 radical (unpaired) electrons. The van der Waals surface area contributed by atoms with Crippen LogP contribution in [0.4, 0.5) is 0 Å². The maximum absolute atomic E-state index is 13.0. The topological polar surface area (TPSA) is 60.9 Å². The predicted molar refractivity (Wildman–Crippen MR) is 126 cm³/mol. The molecule has 2 heterocycles. The van der Waals surface area contributed by atoms with E-state index in [9.17, 15) is 13.2 Å². The first kappa shape index (κ1) is 23.5. The quantitative estimate of drug-likeness (QED) is 0.633. The molecule has 0 atom stereocenters. The van der Waals surface area contributed by atoms with Crippen molar-refractivity contribution in [2.24, 2.45) is 5.92 Å². The smallest absolute Gasteiger partial charge is 0.243 e. The van der Waals surface area contributed by atoms with Gasteiger partial charge in [-0.25, -0.2) is 8.42 Å². The van der Waals surface area contributed by atoms with E-state index in [1.54, 1.807) is 30.3 Å². The van der Waals surface area contributed by atoms with Crippen LogP contribution in [0.5, 0.6) is 0 Å². The minimum atomic E-state index is -3.51. The Morgan fingerprint density at radius 1 is 0.844 bits per heavy atom. The first-order chi connectivity index (χ1) is 15.4. The molecule has 1 amide bonds. The van der Waals surface area contributed by atoms with E-state index in [0.29, 0.717) is 47.7 Å².